The molecule has 5 heteroatoms. The highest BCUT2D eigenvalue weighted by atomic mass is 32.2. The number of aromatic nitrogens is 2. The Morgan fingerprint density at radius 1 is 1.04 bits per heavy atom. The predicted molar refractivity (Wildman–Crippen MR) is 97.0 cm³/mol. The Morgan fingerprint density at radius 2 is 1.91 bits per heavy atom. The molecule has 0 N–H and O–H groups in total. The van der Waals surface area contributed by atoms with Gasteiger partial charge in [-0.1, -0.05) is 37.3 Å². The van der Waals surface area contributed by atoms with E-state index in [1.165, 1.54) is 18.5 Å². The van der Waals surface area contributed by atoms with Gasteiger partial charge in [0.25, 0.3) is 0 Å². The average molecular weight is 328 g/mol. The lowest BCUT2D eigenvalue weighted by Crippen LogP contribution is -2.31. The molecule has 1 aliphatic rings. The maximum Gasteiger partial charge on any atom is 0.148 e. The van der Waals surface area contributed by atoms with Crippen LogP contribution in [0.15, 0.2) is 47.8 Å². The molecule has 0 spiro atoms. The van der Waals surface area contributed by atoms with Gasteiger partial charge in [0.1, 0.15) is 10.8 Å². The van der Waals surface area contributed by atoms with E-state index in [9.17, 15) is 0 Å². The van der Waals surface area contributed by atoms with E-state index in [4.69, 9.17) is 4.98 Å². The minimum absolute atomic E-state index is 0.933. The van der Waals surface area contributed by atoms with Crippen molar-refractivity contribution in [1.82, 2.24) is 14.9 Å². The van der Waals surface area contributed by atoms with Crippen LogP contribution in [0.3, 0.4) is 0 Å². The van der Waals surface area contributed by atoms with Crippen molar-refractivity contribution in [1.29, 1.82) is 0 Å². The molecular weight excluding hydrogens is 304 g/mol. The fourth-order valence-electron chi connectivity index (χ4n) is 2.81. The van der Waals surface area contributed by atoms with Crippen LogP contribution in [0.2, 0.25) is 0 Å². The average Bonchev–Trinajstić information content (AvgIpc) is 2.87. The Balaban J connectivity index is 1.62. The van der Waals surface area contributed by atoms with Crippen molar-refractivity contribution in [3.05, 3.63) is 48.3 Å². The standard InChI is InChI=1S/C18H24N4S/c1-2-21-9-6-10-22(12-11-21)17-13-19-14-18(20-17)23-15-16-7-4-3-5-8-16/h3-5,7-8,13-14H,2,6,9-12,15H2,1H3. The zero-order valence-electron chi connectivity index (χ0n) is 13.7. The minimum Gasteiger partial charge on any atom is -0.354 e. The van der Waals surface area contributed by atoms with Crippen molar-refractivity contribution < 1.29 is 0 Å². The van der Waals surface area contributed by atoms with Crippen molar-refractivity contribution >= 4 is 17.6 Å². The molecule has 1 aromatic heterocycles. The molecular formula is C18H24N4S. The van der Waals surface area contributed by atoms with E-state index in [-0.39, 0.29) is 0 Å². The van der Waals surface area contributed by atoms with Gasteiger partial charge >= 0.3 is 0 Å². The van der Waals surface area contributed by atoms with Gasteiger partial charge in [-0.05, 0) is 25.1 Å². The van der Waals surface area contributed by atoms with E-state index < -0.39 is 0 Å². The summed E-state index contributed by atoms with van der Waals surface area (Å²) in [6.07, 6.45) is 4.96. The molecule has 3 rings (SSSR count). The highest BCUT2D eigenvalue weighted by molar-refractivity contribution is 7.98. The number of likely N-dealkylation sites (N-methyl/N-ethyl adjacent to an activating group) is 1. The summed E-state index contributed by atoms with van der Waals surface area (Å²) >= 11 is 1.75. The third-order valence-electron chi connectivity index (χ3n) is 4.19. The first-order valence-electron chi connectivity index (χ1n) is 8.31. The van der Waals surface area contributed by atoms with Crippen LogP contribution in [0.4, 0.5) is 5.82 Å². The zero-order chi connectivity index (χ0) is 15.9. The van der Waals surface area contributed by atoms with Gasteiger partial charge in [0, 0.05) is 25.4 Å². The Labute approximate surface area is 142 Å². The van der Waals surface area contributed by atoms with Crippen molar-refractivity contribution in [2.45, 2.75) is 24.1 Å². The number of benzene rings is 1. The van der Waals surface area contributed by atoms with Crippen molar-refractivity contribution in [2.75, 3.05) is 37.6 Å². The van der Waals surface area contributed by atoms with Crippen LogP contribution in [0.1, 0.15) is 18.9 Å². The molecule has 23 heavy (non-hydrogen) atoms. The van der Waals surface area contributed by atoms with Gasteiger partial charge in [0.15, 0.2) is 0 Å². The summed E-state index contributed by atoms with van der Waals surface area (Å²) in [6.45, 7) is 7.76. The van der Waals surface area contributed by atoms with Crippen LogP contribution in [-0.2, 0) is 5.75 Å². The summed E-state index contributed by atoms with van der Waals surface area (Å²) in [5.74, 6) is 1.95. The largest absolute Gasteiger partial charge is 0.354 e. The van der Waals surface area contributed by atoms with Crippen LogP contribution >= 0.6 is 11.8 Å². The summed E-state index contributed by atoms with van der Waals surface area (Å²) in [5.41, 5.74) is 1.32. The second-order valence-corrected chi connectivity index (χ2v) is 6.76. The first-order valence-corrected chi connectivity index (χ1v) is 9.30. The van der Waals surface area contributed by atoms with Crippen molar-refractivity contribution in [2.24, 2.45) is 0 Å². The van der Waals surface area contributed by atoms with E-state index >= 15 is 0 Å². The summed E-state index contributed by atoms with van der Waals surface area (Å²) < 4.78 is 0. The normalized spacial score (nSPS) is 16.3. The van der Waals surface area contributed by atoms with Crippen molar-refractivity contribution in [3.8, 4) is 0 Å². The highest BCUT2D eigenvalue weighted by Crippen LogP contribution is 2.22. The first kappa shape index (κ1) is 16.3. The molecule has 2 aromatic rings. The molecule has 0 bridgehead atoms. The maximum atomic E-state index is 4.81. The van der Waals surface area contributed by atoms with Crippen molar-refractivity contribution in [3.63, 3.8) is 0 Å². The number of anilines is 1. The monoisotopic (exact) mass is 328 g/mol. The number of hydrogen-bond acceptors (Lipinski definition) is 5. The van der Waals surface area contributed by atoms with Crippen LogP contribution in [0.25, 0.3) is 0 Å². The molecule has 4 nitrogen and oxygen atoms in total. The van der Waals surface area contributed by atoms with E-state index in [1.54, 1.807) is 11.8 Å². The van der Waals surface area contributed by atoms with E-state index in [0.717, 1.165) is 42.8 Å². The third kappa shape index (κ3) is 4.69. The first-order chi connectivity index (χ1) is 11.3. The number of nitrogens with zero attached hydrogens (tertiary/aromatic N) is 4. The lowest BCUT2D eigenvalue weighted by Gasteiger charge is -2.22. The lowest BCUT2D eigenvalue weighted by molar-refractivity contribution is 0.310. The summed E-state index contributed by atoms with van der Waals surface area (Å²) in [5, 5.41) is 1.00. The van der Waals surface area contributed by atoms with Gasteiger partial charge in [0.2, 0.25) is 0 Å². The maximum absolute atomic E-state index is 4.81. The Bertz CT molecular complexity index is 605. The number of hydrogen-bond donors (Lipinski definition) is 0. The third-order valence-corrected chi connectivity index (χ3v) is 5.16. The molecule has 0 unspecified atom stereocenters. The van der Waals surface area contributed by atoms with Gasteiger partial charge in [0.05, 0.1) is 12.4 Å². The Hall–Kier alpha value is -1.59. The van der Waals surface area contributed by atoms with Crippen LogP contribution in [-0.4, -0.2) is 47.6 Å². The second-order valence-electron chi connectivity index (χ2n) is 5.76. The molecule has 0 atom stereocenters. The SMILES string of the molecule is CCN1CCCN(c2cncc(SCc3ccccc3)n2)CC1. The lowest BCUT2D eigenvalue weighted by atomic mass is 10.2. The minimum atomic E-state index is 0.933. The topological polar surface area (TPSA) is 32.3 Å². The fraction of sp³-hybridized carbons (Fsp3) is 0.444. The van der Waals surface area contributed by atoms with E-state index in [1.807, 2.05) is 18.5 Å². The van der Waals surface area contributed by atoms with Crippen LogP contribution < -0.4 is 4.90 Å². The summed E-state index contributed by atoms with van der Waals surface area (Å²) in [4.78, 5) is 14.1. The van der Waals surface area contributed by atoms with E-state index in [2.05, 4.69) is 46.0 Å². The molecule has 1 fully saturated rings. The second kappa shape index (κ2) is 8.31. The molecule has 0 radical (unpaired) electrons. The van der Waals surface area contributed by atoms with Gasteiger partial charge in [-0.15, -0.1) is 11.8 Å². The molecule has 122 valence electrons. The molecule has 1 aromatic carbocycles. The highest BCUT2D eigenvalue weighted by Gasteiger charge is 2.15. The molecule has 1 saturated heterocycles. The van der Waals surface area contributed by atoms with Gasteiger partial charge < -0.3 is 9.80 Å². The quantitative estimate of drug-likeness (QED) is 0.786. The molecule has 0 amide bonds. The number of rotatable bonds is 5. The summed E-state index contributed by atoms with van der Waals surface area (Å²) in [6, 6.07) is 10.5. The number of thioether (sulfide) groups is 1. The molecule has 2 heterocycles. The predicted octanol–water partition coefficient (Wildman–Crippen LogP) is 3.30. The van der Waals surface area contributed by atoms with Gasteiger partial charge in [-0.2, -0.15) is 0 Å². The zero-order valence-corrected chi connectivity index (χ0v) is 14.5. The smallest absolute Gasteiger partial charge is 0.148 e. The fourth-order valence-corrected chi connectivity index (χ4v) is 3.61. The Morgan fingerprint density at radius 3 is 2.74 bits per heavy atom. The van der Waals surface area contributed by atoms with Crippen LogP contribution in [0, 0.1) is 0 Å². The van der Waals surface area contributed by atoms with E-state index in [0.29, 0.717) is 0 Å². The molecule has 0 saturated carbocycles. The molecule has 0 aliphatic carbocycles. The van der Waals surface area contributed by atoms with Gasteiger partial charge in [-0.3, -0.25) is 4.98 Å². The molecule has 1 aliphatic heterocycles. The van der Waals surface area contributed by atoms with Crippen LogP contribution in [0.5, 0.6) is 0 Å². The summed E-state index contributed by atoms with van der Waals surface area (Å²) in [7, 11) is 0. The van der Waals surface area contributed by atoms with Gasteiger partial charge in [-0.25, -0.2) is 4.98 Å². The Kier molecular flexibility index (Phi) is 5.88.